The fourth-order valence-corrected chi connectivity index (χ4v) is 3.75. The van der Waals surface area contributed by atoms with Crippen LogP contribution in [-0.2, 0) is 9.53 Å². The number of esters is 1. The third kappa shape index (κ3) is 2.43. The van der Waals surface area contributed by atoms with Crippen LogP contribution < -0.4 is 0 Å². The maximum atomic E-state index is 13.2. The summed E-state index contributed by atoms with van der Waals surface area (Å²) in [5, 5.41) is 12.2. The van der Waals surface area contributed by atoms with Crippen molar-refractivity contribution in [2.75, 3.05) is 0 Å². The van der Waals surface area contributed by atoms with Crippen LogP contribution in [0, 0.1) is 5.82 Å². The van der Waals surface area contributed by atoms with Gasteiger partial charge in [-0.05, 0) is 23.6 Å². The van der Waals surface area contributed by atoms with Crippen molar-refractivity contribution < 1.29 is 19.0 Å². The Hall–Kier alpha value is -1.50. The van der Waals surface area contributed by atoms with E-state index in [1.54, 1.807) is 6.07 Å². The Balaban J connectivity index is 2.29. The fraction of sp³-hybridized carbons (Fsp3) is 0.133. The quantitative estimate of drug-likeness (QED) is 0.819. The molecule has 0 fully saturated rings. The lowest BCUT2D eigenvalue weighted by Crippen LogP contribution is -2.25. The first-order valence-corrected chi connectivity index (χ1v) is 7.77. The van der Waals surface area contributed by atoms with Crippen LogP contribution in [0.2, 0.25) is 0 Å². The van der Waals surface area contributed by atoms with Crippen LogP contribution in [0.5, 0.6) is 0 Å². The van der Waals surface area contributed by atoms with Crippen molar-refractivity contribution in [3.63, 3.8) is 0 Å². The molecule has 0 saturated carbocycles. The van der Waals surface area contributed by atoms with E-state index in [-0.39, 0.29) is 5.57 Å². The van der Waals surface area contributed by atoms with Crippen molar-refractivity contribution in [1.82, 2.24) is 0 Å². The molecule has 21 heavy (non-hydrogen) atoms. The second kappa shape index (κ2) is 5.05. The molecule has 1 aromatic carbocycles. The van der Waals surface area contributed by atoms with Crippen LogP contribution >= 0.6 is 27.3 Å². The minimum absolute atomic E-state index is 0.245. The molecule has 2 heterocycles. The number of hydrogen-bond acceptors (Lipinski definition) is 4. The maximum absolute atomic E-state index is 13.2. The summed E-state index contributed by atoms with van der Waals surface area (Å²) in [6, 6.07) is 7.65. The van der Waals surface area contributed by atoms with Gasteiger partial charge in [-0.3, -0.25) is 0 Å². The number of cyclic esters (lactones) is 1. The zero-order valence-corrected chi connectivity index (χ0v) is 13.3. The Morgan fingerprint density at radius 2 is 2.14 bits per heavy atom. The molecular formula is C15H10BrFO3S. The van der Waals surface area contributed by atoms with E-state index in [1.807, 2.05) is 11.4 Å². The van der Waals surface area contributed by atoms with E-state index in [0.29, 0.717) is 15.6 Å². The number of hydrogen-bond donors (Lipinski definition) is 1. The van der Waals surface area contributed by atoms with E-state index in [2.05, 4.69) is 15.9 Å². The van der Waals surface area contributed by atoms with Gasteiger partial charge in [0.2, 0.25) is 5.79 Å². The highest BCUT2D eigenvalue weighted by molar-refractivity contribution is 9.10. The van der Waals surface area contributed by atoms with Crippen molar-refractivity contribution in [2.24, 2.45) is 0 Å². The van der Waals surface area contributed by atoms with Gasteiger partial charge < -0.3 is 9.84 Å². The van der Waals surface area contributed by atoms with Gasteiger partial charge in [-0.25, -0.2) is 9.18 Å². The summed E-state index contributed by atoms with van der Waals surface area (Å²) in [7, 11) is 0. The summed E-state index contributed by atoms with van der Waals surface area (Å²) in [6.45, 7) is 1.42. The number of thiophene rings is 1. The van der Waals surface area contributed by atoms with Gasteiger partial charge in [0.15, 0.2) is 0 Å². The third-order valence-corrected chi connectivity index (χ3v) is 4.72. The van der Waals surface area contributed by atoms with E-state index >= 15 is 0 Å². The molecular weight excluding hydrogens is 359 g/mol. The molecule has 1 aliphatic heterocycles. The van der Waals surface area contributed by atoms with E-state index < -0.39 is 17.6 Å². The summed E-state index contributed by atoms with van der Waals surface area (Å²) in [5.74, 6) is -2.75. The molecule has 1 unspecified atom stereocenters. The zero-order chi connectivity index (χ0) is 15.2. The number of benzene rings is 1. The molecule has 0 radical (unpaired) electrons. The Kier molecular flexibility index (Phi) is 3.47. The monoisotopic (exact) mass is 368 g/mol. The van der Waals surface area contributed by atoms with Crippen molar-refractivity contribution in [2.45, 2.75) is 12.7 Å². The molecule has 1 N–H and O–H groups in total. The lowest BCUT2D eigenvalue weighted by molar-refractivity contribution is -0.169. The Morgan fingerprint density at radius 1 is 1.38 bits per heavy atom. The van der Waals surface area contributed by atoms with Gasteiger partial charge >= 0.3 is 5.97 Å². The number of carbonyl (C=O) groups excluding carboxylic acids is 1. The van der Waals surface area contributed by atoms with Crippen LogP contribution in [0.1, 0.15) is 17.4 Å². The molecule has 1 aromatic heterocycles. The van der Waals surface area contributed by atoms with Gasteiger partial charge in [-0.1, -0.05) is 28.1 Å². The Bertz CT molecular complexity index is 750. The van der Waals surface area contributed by atoms with Crippen LogP contribution in [0.25, 0.3) is 11.1 Å². The first kappa shape index (κ1) is 14.4. The maximum Gasteiger partial charge on any atom is 0.342 e. The average Bonchev–Trinajstić information content (AvgIpc) is 2.95. The second-order valence-electron chi connectivity index (χ2n) is 4.72. The number of rotatable bonds is 2. The largest absolute Gasteiger partial charge is 0.425 e. The molecule has 0 aliphatic carbocycles. The SMILES string of the molecule is CC1(O)OC(=O)C(c2ccc(F)cc2Br)=C1c1cccs1. The molecule has 0 amide bonds. The summed E-state index contributed by atoms with van der Waals surface area (Å²) in [4.78, 5) is 12.9. The molecule has 0 bridgehead atoms. The summed E-state index contributed by atoms with van der Waals surface area (Å²) in [6.07, 6.45) is 0. The number of carbonyl (C=O) groups is 1. The highest BCUT2D eigenvalue weighted by Gasteiger charge is 2.44. The molecule has 3 nitrogen and oxygen atoms in total. The highest BCUT2D eigenvalue weighted by Crippen LogP contribution is 2.45. The van der Waals surface area contributed by atoms with Crippen LogP contribution in [0.4, 0.5) is 4.39 Å². The minimum atomic E-state index is -1.70. The number of halogens is 2. The number of aliphatic hydroxyl groups is 1. The predicted octanol–water partition coefficient (Wildman–Crippen LogP) is 3.83. The van der Waals surface area contributed by atoms with Gasteiger partial charge in [-0.15, -0.1) is 11.3 Å². The molecule has 6 heteroatoms. The van der Waals surface area contributed by atoms with Crippen LogP contribution in [-0.4, -0.2) is 16.9 Å². The van der Waals surface area contributed by atoms with Gasteiger partial charge in [0.1, 0.15) is 5.82 Å². The summed E-state index contributed by atoms with van der Waals surface area (Å²) in [5.41, 5.74) is 1.13. The average molecular weight is 369 g/mol. The standard InChI is InChI=1S/C15H10BrFO3S/c1-15(19)13(11-3-2-6-21-11)12(14(18)20-15)9-5-4-8(17)7-10(9)16/h2-7,19H,1H3. The van der Waals surface area contributed by atoms with Crippen LogP contribution in [0.3, 0.4) is 0 Å². The molecule has 0 saturated heterocycles. The fourth-order valence-electron chi connectivity index (χ4n) is 2.33. The van der Waals surface area contributed by atoms with Crippen molar-refractivity contribution in [3.8, 4) is 0 Å². The normalized spacial score (nSPS) is 21.8. The van der Waals surface area contributed by atoms with E-state index in [9.17, 15) is 14.3 Å². The van der Waals surface area contributed by atoms with Gasteiger partial charge in [0.05, 0.1) is 11.1 Å². The summed E-state index contributed by atoms with van der Waals surface area (Å²) < 4.78 is 18.7. The smallest absolute Gasteiger partial charge is 0.342 e. The van der Waals surface area contributed by atoms with E-state index in [4.69, 9.17) is 4.74 Å². The second-order valence-corrected chi connectivity index (χ2v) is 6.53. The van der Waals surface area contributed by atoms with Crippen molar-refractivity contribution >= 4 is 44.4 Å². The highest BCUT2D eigenvalue weighted by atomic mass is 79.9. The molecule has 1 aliphatic rings. The number of ether oxygens (including phenoxy) is 1. The molecule has 108 valence electrons. The first-order chi connectivity index (χ1) is 9.90. The van der Waals surface area contributed by atoms with Crippen molar-refractivity contribution in [3.05, 3.63) is 56.4 Å². The van der Waals surface area contributed by atoms with E-state index in [1.165, 1.54) is 36.5 Å². The predicted molar refractivity (Wildman–Crippen MR) is 81.9 cm³/mol. The molecule has 0 spiro atoms. The topological polar surface area (TPSA) is 46.5 Å². The van der Waals surface area contributed by atoms with Gasteiger partial charge in [-0.2, -0.15) is 0 Å². The first-order valence-electron chi connectivity index (χ1n) is 6.10. The van der Waals surface area contributed by atoms with Gasteiger partial charge in [0.25, 0.3) is 0 Å². The minimum Gasteiger partial charge on any atom is -0.425 e. The zero-order valence-electron chi connectivity index (χ0n) is 10.9. The Morgan fingerprint density at radius 3 is 2.76 bits per heavy atom. The molecule has 2 aromatic rings. The van der Waals surface area contributed by atoms with Crippen LogP contribution in [0.15, 0.2) is 40.2 Å². The van der Waals surface area contributed by atoms with Gasteiger partial charge in [0, 0.05) is 21.8 Å². The van der Waals surface area contributed by atoms with Crippen molar-refractivity contribution in [1.29, 1.82) is 0 Å². The molecule has 3 rings (SSSR count). The molecule has 1 atom stereocenters. The lowest BCUT2D eigenvalue weighted by Gasteiger charge is -2.18. The third-order valence-electron chi connectivity index (χ3n) is 3.18. The lowest BCUT2D eigenvalue weighted by atomic mass is 9.96. The summed E-state index contributed by atoms with van der Waals surface area (Å²) >= 11 is 4.65. The van der Waals surface area contributed by atoms with E-state index in [0.717, 1.165) is 4.88 Å². The Labute approximate surface area is 132 Å².